The molecule has 3 nitrogen and oxygen atoms in total. The summed E-state index contributed by atoms with van der Waals surface area (Å²) in [5.41, 5.74) is 6.57. The molecule has 2 heterocycles. The highest BCUT2D eigenvalue weighted by Gasteiger charge is 2.12. The second-order valence-electron chi connectivity index (χ2n) is 5.07. The summed E-state index contributed by atoms with van der Waals surface area (Å²) in [6.45, 7) is 6.14. The van der Waals surface area contributed by atoms with Gasteiger partial charge in [0.15, 0.2) is 5.65 Å². The topological polar surface area (TPSA) is 30.7 Å². The van der Waals surface area contributed by atoms with Crippen molar-refractivity contribution in [3.05, 3.63) is 47.4 Å². The van der Waals surface area contributed by atoms with Crippen LogP contribution in [0.4, 0.5) is 0 Å². The number of nitrogens with zero attached hydrogens (tertiary/aromatic N) is 3. The van der Waals surface area contributed by atoms with Gasteiger partial charge < -0.3 is 4.57 Å². The van der Waals surface area contributed by atoms with Crippen LogP contribution in [0, 0.1) is 20.8 Å². The maximum atomic E-state index is 4.65. The third kappa shape index (κ3) is 1.91. The maximum absolute atomic E-state index is 4.65. The third-order valence-electron chi connectivity index (χ3n) is 3.54. The minimum absolute atomic E-state index is 0.952. The summed E-state index contributed by atoms with van der Waals surface area (Å²) >= 11 is 0. The zero-order valence-electron chi connectivity index (χ0n) is 11.7. The summed E-state index contributed by atoms with van der Waals surface area (Å²) in [4.78, 5) is 9.25. The Kier molecular flexibility index (Phi) is 2.63. The number of pyridine rings is 1. The predicted octanol–water partition coefficient (Wildman–Crippen LogP) is 3.56. The standard InChI is InChI=1S/C16H17N3/c1-10-5-7-13(8-6-10)14-9-11(2)17-16-15(14)18-12(3)19(16)4/h5-9H,1-4H3. The van der Waals surface area contributed by atoms with Crippen LogP contribution >= 0.6 is 0 Å². The van der Waals surface area contributed by atoms with Crippen LogP contribution in [0.3, 0.4) is 0 Å². The number of hydrogen-bond donors (Lipinski definition) is 0. The fraction of sp³-hybridized carbons (Fsp3) is 0.250. The first-order valence-electron chi connectivity index (χ1n) is 6.44. The van der Waals surface area contributed by atoms with E-state index in [2.05, 4.69) is 47.2 Å². The molecule has 19 heavy (non-hydrogen) atoms. The Morgan fingerprint density at radius 3 is 2.32 bits per heavy atom. The highest BCUT2D eigenvalue weighted by molar-refractivity contribution is 5.90. The lowest BCUT2D eigenvalue weighted by atomic mass is 10.0. The number of hydrogen-bond acceptors (Lipinski definition) is 2. The van der Waals surface area contributed by atoms with Crippen LogP contribution < -0.4 is 0 Å². The first kappa shape index (κ1) is 11.9. The molecule has 96 valence electrons. The van der Waals surface area contributed by atoms with Crippen molar-refractivity contribution < 1.29 is 0 Å². The van der Waals surface area contributed by atoms with Gasteiger partial charge >= 0.3 is 0 Å². The van der Waals surface area contributed by atoms with Gasteiger partial charge in [0.25, 0.3) is 0 Å². The molecular formula is C16H17N3. The van der Waals surface area contributed by atoms with Crippen molar-refractivity contribution in [3.63, 3.8) is 0 Å². The lowest BCUT2D eigenvalue weighted by Crippen LogP contribution is -1.94. The molecule has 0 spiro atoms. The molecule has 0 aliphatic rings. The van der Waals surface area contributed by atoms with Crippen LogP contribution in [0.1, 0.15) is 17.1 Å². The molecule has 0 aliphatic heterocycles. The molecule has 0 atom stereocenters. The minimum Gasteiger partial charge on any atom is -0.316 e. The van der Waals surface area contributed by atoms with Gasteiger partial charge in [-0.05, 0) is 32.4 Å². The van der Waals surface area contributed by atoms with Gasteiger partial charge in [0, 0.05) is 18.3 Å². The van der Waals surface area contributed by atoms with Gasteiger partial charge in [0.05, 0.1) is 0 Å². The van der Waals surface area contributed by atoms with E-state index in [0.29, 0.717) is 0 Å². The number of fused-ring (bicyclic) bond motifs is 1. The van der Waals surface area contributed by atoms with E-state index in [4.69, 9.17) is 0 Å². The molecule has 0 bridgehead atoms. The fourth-order valence-electron chi connectivity index (χ4n) is 2.34. The Labute approximate surface area is 112 Å². The molecule has 0 amide bonds. The van der Waals surface area contributed by atoms with Crippen LogP contribution in [0.15, 0.2) is 30.3 Å². The van der Waals surface area contributed by atoms with Crippen LogP contribution in [-0.2, 0) is 7.05 Å². The van der Waals surface area contributed by atoms with Crippen LogP contribution in [-0.4, -0.2) is 14.5 Å². The van der Waals surface area contributed by atoms with Crippen LogP contribution in [0.5, 0.6) is 0 Å². The first-order chi connectivity index (χ1) is 9.06. The van der Waals surface area contributed by atoms with E-state index in [-0.39, 0.29) is 0 Å². The monoisotopic (exact) mass is 251 g/mol. The van der Waals surface area contributed by atoms with Crippen LogP contribution in [0.25, 0.3) is 22.3 Å². The lowest BCUT2D eigenvalue weighted by molar-refractivity contribution is 0.872. The Morgan fingerprint density at radius 2 is 1.63 bits per heavy atom. The summed E-state index contributed by atoms with van der Waals surface area (Å²) in [7, 11) is 2.01. The van der Waals surface area contributed by atoms with E-state index < -0.39 is 0 Å². The van der Waals surface area contributed by atoms with E-state index >= 15 is 0 Å². The van der Waals surface area contributed by atoms with Gasteiger partial charge in [-0.1, -0.05) is 29.8 Å². The second kappa shape index (κ2) is 4.19. The van der Waals surface area contributed by atoms with Crippen molar-refractivity contribution in [2.45, 2.75) is 20.8 Å². The number of aromatic nitrogens is 3. The highest BCUT2D eigenvalue weighted by atomic mass is 15.1. The maximum Gasteiger partial charge on any atom is 0.160 e. The fourth-order valence-corrected chi connectivity index (χ4v) is 2.34. The SMILES string of the molecule is Cc1ccc(-c2cc(C)nc3c2nc(C)n3C)cc1. The van der Waals surface area contributed by atoms with Crippen molar-refractivity contribution in [1.29, 1.82) is 0 Å². The molecule has 0 N–H and O–H groups in total. The Morgan fingerprint density at radius 1 is 0.947 bits per heavy atom. The largest absolute Gasteiger partial charge is 0.316 e. The molecular weight excluding hydrogens is 234 g/mol. The van der Waals surface area contributed by atoms with Gasteiger partial charge in [0.2, 0.25) is 0 Å². The summed E-state index contributed by atoms with van der Waals surface area (Å²) < 4.78 is 2.04. The third-order valence-corrected chi connectivity index (χ3v) is 3.54. The second-order valence-corrected chi connectivity index (χ2v) is 5.07. The molecule has 2 aromatic heterocycles. The summed E-state index contributed by atoms with van der Waals surface area (Å²) in [6.07, 6.45) is 0. The van der Waals surface area contributed by atoms with Crippen LogP contribution in [0.2, 0.25) is 0 Å². The van der Waals surface area contributed by atoms with Gasteiger partial charge in [-0.2, -0.15) is 0 Å². The van der Waals surface area contributed by atoms with E-state index in [0.717, 1.165) is 28.2 Å². The number of benzene rings is 1. The molecule has 3 rings (SSSR count). The predicted molar refractivity (Wildman–Crippen MR) is 78.2 cm³/mol. The number of aryl methyl sites for hydroxylation is 4. The Balaban J connectivity index is 2.34. The number of rotatable bonds is 1. The Bertz CT molecular complexity index is 752. The van der Waals surface area contributed by atoms with Crippen molar-refractivity contribution in [2.75, 3.05) is 0 Å². The molecule has 0 radical (unpaired) electrons. The molecule has 3 heteroatoms. The lowest BCUT2D eigenvalue weighted by Gasteiger charge is -2.05. The summed E-state index contributed by atoms with van der Waals surface area (Å²) in [5, 5.41) is 0. The van der Waals surface area contributed by atoms with E-state index in [1.54, 1.807) is 0 Å². The van der Waals surface area contributed by atoms with Gasteiger partial charge in [-0.25, -0.2) is 9.97 Å². The molecule has 1 aromatic carbocycles. The first-order valence-corrected chi connectivity index (χ1v) is 6.44. The zero-order chi connectivity index (χ0) is 13.6. The van der Waals surface area contributed by atoms with E-state index in [1.165, 1.54) is 11.1 Å². The molecule has 0 saturated carbocycles. The number of imidazole rings is 1. The normalized spacial score (nSPS) is 11.2. The molecule has 0 aliphatic carbocycles. The van der Waals surface area contributed by atoms with Gasteiger partial charge in [0.1, 0.15) is 11.3 Å². The Hall–Kier alpha value is -2.16. The molecule has 0 saturated heterocycles. The smallest absolute Gasteiger partial charge is 0.160 e. The summed E-state index contributed by atoms with van der Waals surface area (Å²) in [6, 6.07) is 10.7. The molecule has 3 aromatic rings. The quantitative estimate of drug-likeness (QED) is 0.662. The average molecular weight is 251 g/mol. The molecule has 0 fully saturated rings. The van der Waals surface area contributed by atoms with E-state index in [1.807, 2.05) is 25.5 Å². The zero-order valence-corrected chi connectivity index (χ0v) is 11.7. The van der Waals surface area contributed by atoms with Crippen molar-refractivity contribution in [3.8, 4) is 11.1 Å². The summed E-state index contributed by atoms with van der Waals surface area (Å²) in [5.74, 6) is 0.987. The van der Waals surface area contributed by atoms with E-state index in [9.17, 15) is 0 Å². The van der Waals surface area contributed by atoms with Gasteiger partial charge in [-0.3, -0.25) is 0 Å². The average Bonchev–Trinajstić information content (AvgIpc) is 2.66. The van der Waals surface area contributed by atoms with Gasteiger partial charge in [-0.15, -0.1) is 0 Å². The minimum atomic E-state index is 0.952. The highest BCUT2D eigenvalue weighted by Crippen LogP contribution is 2.28. The van der Waals surface area contributed by atoms with Crippen molar-refractivity contribution in [2.24, 2.45) is 7.05 Å². The molecule has 0 unspecified atom stereocenters. The van der Waals surface area contributed by atoms with Crippen molar-refractivity contribution in [1.82, 2.24) is 14.5 Å². The van der Waals surface area contributed by atoms with Crippen molar-refractivity contribution >= 4 is 11.2 Å².